The zero-order chi connectivity index (χ0) is 19.1. The quantitative estimate of drug-likeness (QED) is 0.619. The Morgan fingerprint density at radius 2 is 1.30 bits per heavy atom. The maximum absolute atomic E-state index is 5.37. The minimum atomic E-state index is 0.751. The maximum atomic E-state index is 5.37. The van der Waals surface area contributed by atoms with E-state index < -0.39 is 0 Å². The minimum Gasteiger partial charge on any atom is -0.497 e. The van der Waals surface area contributed by atoms with Crippen LogP contribution in [0.25, 0.3) is 0 Å². The van der Waals surface area contributed by atoms with E-state index in [9.17, 15) is 0 Å². The Morgan fingerprint density at radius 3 is 1.93 bits per heavy atom. The molecule has 0 radical (unpaired) electrons. The van der Waals surface area contributed by atoms with Gasteiger partial charge in [0.2, 0.25) is 0 Å². The van der Waals surface area contributed by atoms with Crippen LogP contribution in [0.4, 0.5) is 0 Å². The van der Waals surface area contributed by atoms with Crippen LogP contribution in [0.1, 0.15) is 22.3 Å². The van der Waals surface area contributed by atoms with Crippen molar-refractivity contribution in [1.82, 2.24) is 0 Å². The highest BCUT2D eigenvalue weighted by atomic mass is 16.5. The molecule has 0 fully saturated rings. The lowest BCUT2D eigenvalue weighted by Crippen LogP contribution is -1.95. The van der Waals surface area contributed by atoms with Gasteiger partial charge in [0.15, 0.2) is 0 Å². The summed E-state index contributed by atoms with van der Waals surface area (Å²) in [6, 6.07) is 21.9. The van der Waals surface area contributed by atoms with E-state index in [-0.39, 0.29) is 0 Å². The topological polar surface area (TPSA) is 27.7 Å². The van der Waals surface area contributed by atoms with E-state index in [2.05, 4.69) is 17.9 Å². The zero-order valence-corrected chi connectivity index (χ0v) is 15.8. The summed E-state index contributed by atoms with van der Waals surface area (Å²) in [7, 11) is 4.98. The number of rotatable bonds is 5. The van der Waals surface area contributed by atoms with E-state index in [0.29, 0.717) is 0 Å². The van der Waals surface area contributed by atoms with Gasteiger partial charge >= 0.3 is 0 Å². The van der Waals surface area contributed by atoms with Crippen molar-refractivity contribution in [3.8, 4) is 29.1 Å². The van der Waals surface area contributed by atoms with Gasteiger partial charge in [-0.3, -0.25) is 0 Å². The highest BCUT2D eigenvalue weighted by Crippen LogP contribution is 2.25. The predicted octanol–water partition coefficient (Wildman–Crippen LogP) is 4.70. The Hall–Kier alpha value is -3.38. The zero-order valence-electron chi connectivity index (χ0n) is 15.8. The summed E-state index contributed by atoms with van der Waals surface area (Å²) in [6.45, 7) is 0. The summed E-state index contributed by atoms with van der Waals surface area (Å²) >= 11 is 0. The molecule has 3 aromatic carbocycles. The van der Waals surface area contributed by atoms with E-state index in [1.165, 1.54) is 0 Å². The Morgan fingerprint density at radius 1 is 0.667 bits per heavy atom. The second-order valence-electron chi connectivity index (χ2n) is 6.03. The summed E-state index contributed by atoms with van der Waals surface area (Å²) in [5.74, 6) is 8.91. The molecule has 3 aromatic rings. The van der Waals surface area contributed by atoms with Gasteiger partial charge in [0.1, 0.15) is 17.2 Å². The molecule has 27 heavy (non-hydrogen) atoms. The molecule has 0 aliphatic rings. The van der Waals surface area contributed by atoms with Gasteiger partial charge in [-0.25, -0.2) is 0 Å². The van der Waals surface area contributed by atoms with Gasteiger partial charge in [-0.2, -0.15) is 0 Å². The van der Waals surface area contributed by atoms with Crippen LogP contribution in [0.15, 0.2) is 66.7 Å². The maximum Gasteiger partial charge on any atom is 0.122 e. The van der Waals surface area contributed by atoms with E-state index in [1.807, 2.05) is 60.7 Å². The molecule has 0 aliphatic heterocycles. The normalized spacial score (nSPS) is 9.89. The smallest absolute Gasteiger partial charge is 0.122 e. The van der Waals surface area contributed by atoms with Crippen LogP contribution in [0, 0.1) is 11.8 Å². The van der Waals surface area contributed by atoms with E-state index >= 15 is 0 Å². The third-order valence-corrected chi connectivity index (χ3v) is 4.25. The van der Waals surface area contributed by atoms with E-state index in [0.717, 1.165) is 45.9 Å². The first-order valence-corrected chi connectivity index (χ1v) is 8.67. The van der Waals surface area contributed by atoms with Crippen molar-refractivity contribution in [3.05, 3.63) is 89.0 Å². The average molecular weight is 358 g/mol. The molecule has 0 spiro atoms. The molecule has 0 bridgehead atoms. The third kappa shape index (κ3) is 4.83. The lowest BCUT2D eigenvalue weighted by molar-refractivity contribution is 0.393. The van der Waals surface area contributed by atoms with Gasteiger partial charge in [0.25, 0.3) is 0 Å². The van der Waals surface area contributed by atoms with Gasteiger partial charge in [0.05, 0.1) is 21.3 Å². The second kappa shape index (κ2) is 8.82. The molecule has 3 rings (SSSR count). The van der Waals surface area contributed by atoms with Crippen LogP contribution in [0.5, 0.6) is 17.2 Å². The van der Waals surface area contributed by atoms with Crippen LogP contribution in [0.3, 0.4) is 0 Å². The van der Waals surface area contributed by atoms with Crippen molar-refractivity contribution in [2.45, 2.75) is 6.42 Å². The first-order valence-electron chi connectivity index (χ1n) is 8.67. The molecule has 0 aromatic heterocycles. The van der Waals surface area contributed by atoms with Crippen molar-refractivity contribution in [1.29, 1.82) is 0 Å². The fourth-order valence-electron chi connectivity index (χ4n) is 2.80. The molecule has 0 amide bonds. The second-order valence-corrected chi connectivity index (χ2v) is 6.03. The van der Waals surface area contributed by atoms with E-state index in [1.54, 1.807) is 21.3 Å². The lowest BCUT2D eigenvalue weighted by Gasteiger charge is -2.09. The van der Waals surface area contributed by atoms with Crippen LogP contribution in [0.2, 0.25) is 0 Å². The molecule has 3 heteroatoms. The molecule has 0 heterocycles. The van der Waals surface area contributed by atoms with Crippen molar-refractivity contribution in [2.24, 2.45) is 0 Å². The Bertz CT molecular complexity index is 941. The molecular weight excluding hydrogens is 336 g/mol. The number of benzene rings is 3. The summed E-state index contributed by atoms with van der Waals surface area (Å²) < 4.78 is 15.9. The average Bonchev–Trinajstić information content (AvgIpc) is 2.73. The van der Waals surface area contributed by atoms with Gasteiger partial charge in [0, 0.05) is 17.2 Å². The molecule has 0 saturated heterocycles. The Labute approximate surface area is 160 Å². The van der Waals surface area contributed by atoms with Crippen LogP contribution in [-0.4, -0.2) is 21.3 Å². The largest absolute Gasteiger partial charge is 0.497 e. The lowest BCUT2D eigenvalue weighted by atomic mass is 9.99. The summed E-state index contributed by atoms with van der Waals surface area (Å²) in [4.78, 5) is 0. The Kier molecular flexibility index (Phi) is 6.02. The third-order valence-electron chi connectivity index (χ3n) is 4.25. The van der Waals surface area contributed by atoms with Gasteiger partial charge < -0.3 is 14.2 Å². The fourth-order valence-corrected chi connectivity index (χ4v) is 2.80. The summed E-state index contributed by atoms with van der Waals surface area (Å²) in [5, 5.41) is 0. The Balaban J connectivity index is 1.87. The van der Waals surface area contributed by atoms with Gasteiger partial charge in [-0.15, -0.1) is 0 Å². The van der Waals surface area contributed by atoms with Crippen LogP contribution in [-0.2, 0) is 6.42 Å². The first kappa shape index (κ1) is 18.4. The number of ether oxygens (including phenoxy) is 3. The molecule has 0 unspecified atom stereocenters. The molecule has 0 atom stereocenters. The minimum absolute atomic E-state index is 0.751. The summed E-state index contributed by atoms with van der Waals surface area (Å²) in [6.07, 6.45) is 0.751. The van der Waals surface area contributed by atoms with Crippen LogP contribution < -0.4 is 14.2 Å². The van der Waals surface area contributed by atoms with Crippen molar-refractivity contribution in [2.75, 3.05) is 21.3 Å². The summed E-state index contributed by atoms with van der Waals surface area (Å²) in [5.41, 5.74) is 4.24. The number of hydrogen-bond donors (Lipinski definition) is 0. The van der Waals surface area contributed by atoms with Crippen molar-refractivity contribution < 1.29 is 14.2 Å². The van der Waals surface area contributed by atoms with Crippen molar-refractivity contribution in [3.63, 3.8) is 0 Å². The monoisotopic (exact) mass is 358 g/mol. The molecule has 0 saturated carbocycles. The molecule has 136 valence electrons. The SMILES string of the molecule is COc1ccc(C#Cc2ccccc2Cc2cc(OC)cc(OC)c2)cc1. The fraction of sp³-hybridized carbons (Fsp3) is 0.167. The highest BCUT2D eigenvalue weighted by Gasteiger charge is 2.06. The first-order chi connectivity index (χ1) is 13.2. The number of hydrogen-bond acceptors (Lipinski definition) is 3. The molecular formula is C24H22O3. The van der Waals surface area contributed by atoms with Crippen molar-refractivity contribution >= 4 is 0 Å². The molecule has 3 nitrogen and oxygen atoms in total. The van der Waals surface area contributed by atoms with Gasteiger partial charge in [-0.1, -0.05) is 30.0 Å². The molecule has 0 N–H and O–H groups in total. The highest BCUT2D eigenvalue weighted by molar-refractivity contribution is 5.49. The molecule has 0 aliphatic carbocycles. The standard InChI is InChI=1S/C24H22O3/c1-25-22-12-9-18(10-13-22)8-11-20-6-4-5-7-21(20)14-19-15-23(26-2)17-24(16-19)27-3/h4-7,9-10,12-13,15-17H,14H2,1-3H3. The van der Waals surface area contributed by atoms with Crippen LogP contribution >= 0.6 is 0 Å². The van der Waals surface area contributed by atoms with Gasteiger partial charge in [-0.05, 0) is 60.0 Å². The number of methoxy groups -OCH3 is 3. The van der Waals surface area contributed by atoms with E-state index in [4.69, 9.17) is 14.2 Å². The predicted molar refractivity (Wildman–Crippen MR) is 108 cm³/mol.